The summed E-state index contributed by atoms with van der Waals surface area (Å²) in [4.78, 5) is 0. The predicted octanol–water partition coefficient (Wildman–Crippen LogP) is 5.14. The summed E-state index contributed by atoms with van der Waals surface area (Å²) in [5.74, 6) is 0.914. The van der Waals surface area contributed by atoms with E-state index in [0.717, 1.165) is 16.7 Å². The lowest BCUT2D eigenvalue weighted by Crippen LogP contribution is -2.11. The van der Waals surface area contributed by atoms with Crippen molar-refractivity contribution in [2.24, 2.45) is 5.73 Å². The summed E-state index contributed by atoms with van der Waals surface area (Å²) in [5.41, 5.74) is 8.73. The van der Waals surface area contributed by atoms with E-state index in [4.69, 9.17) is 15.2 Å². The van der Waals surface area contributed by atoms with Gasteiger partial charge in [0.2, 0.25) is 0 Å². The molecule has 27 heavy (non-hydrogen) atoms. The molecule has 0 saturated heterocycles. The SMILES string of the molecule is Cc1ccc(-c2ccc(OCCN)c(OCc3ccccc3)c2)c(F)c1.Cl. The van der Waals surface area contributed by atoms with Gasteiger partial charge in [-0.05, 0) is 41.8 Å². The Balaban J connectivity index is 0.00000261. The number of hydrogen-bond acceptors (Lipinski definition) is 3. The molecule has 0 atom stereocenters. The van der Waals surface area contributed by atoms with Crippen LogP contribution >= 0.6 is 12.4 Å². The molecule has 3 nitrogen and oxygen atoms in total. The van der Waals surface area contributed by atoms with Crippen molar-refractivity contribution >= 4 is 12.4 Å². The minimum atomic E-state index is -0.255. The van der Waals surface area contributed by atoms with Crippen LogP contribution < -0.4 is 15.2 Å². The first-order valence-corrected chi connectivity index (χ1v) is 8.57. The van der Waals surface area contributed by atoms with Crippen LogP contribution in [0.3, 0.4) is 0 Å². The Labute approximate surface area is 165 Å². The fourth-order valence-electron chi connectivity index (χ4n) is 2.67. The minimum Gasteiger partial charge on any atom is -0.488 e. The van der Waals surface area contributed by atoms with E-state index >= 15 is 0 Å². The first kappa shape index (κ1) is 20.7. The largest absolute Gasteiger partial charge is 0.488 e. The van der Waals surface area contributed by atoms with Gasteiger partial charge in [-0.3, -0.25) is 0 Å². The Morgan fingerprint density at radius 3 is 2.37 bits per heavy atom. The third-order valence-electron chi connectivity index (χ3n) is 3.99. The van der Waals surface area contributed by atoms with Crippen molar-refractivity contribution < 1.29 is 13.9 Å². The molecule has 0 saturated carbocycles. The third-order valence-corrected chi connectivity index (χ3v) is 3.99. The van der Waals surface area contributed by atoms with E-state index in [2.05, 4.69) is 0 Å². The third kappa shape index (κ3) is 5.46. The Bertz CT molecular complexity index is 871. The second-order valence-electron chi connectivity index (χ2n) is 6.06. The average molecular weight is 388 g/mol. The second kappa shape index (κ2) is 9.95. The molecule has 0 unspecified atom stereocenters. The second-order valence-corrected chi connectivity index (χ2v) is 6.06. The van der Waals surface area contributed by atoms with Gasteiger partial charge in [-0.2, -0.15) is 0 Å². The van der Waals surface area contributed by atoms with Crippen LogP contribution in [0.1, 0.15) is 11.1 Å². The van der Waals surface area contributed by atoms with E-state index in [1.54, 1.807) is 12.1 Å². The molecule has 0 aromatic heterocycles. The van der Waals surface area contributed by atoms with Crippen molar-refractivity contribution in [3.63, 3.8) is 0 Å². The van der Waals surface area contributed by atoms with Gasteiger partial charge in [0.1, 0.15) is 19.0 Å². The standard InChI is InChI=1S/C22H22FNO2.ClH/c1-16-7-9-19(20(23)13-16)18-8-10-21(25-12-11-24)22(14-18)26-15-17-5-3-2-4-6-17;/h2-10,13-14H,11-12,15,24H2,1H3;1H. The number of ether oxygens (including phenoxy) is 2. The molecule has 0 amide bonds. The molecule has 0 radical (unpaired) electrons. The van der Waals surface area contributed by atoms with Gasteiger partial charge in [-0.1, -0.05) is 48.5 Å². The molecular formula is C22H23ClFNO2. The summed E-state index contributed by atoms with van der Waals surface area (Å²) in [6.45, 7) is 3.07. The maximum atomic E-state index is 14.3. The number of hydrogen-bond donors (Lipinski definition) is 1. The number of rotatable bonds is 7. The van der Waals surface area contributed by atoms with Crippen LogP contribution in [-0.2, 0) is 6.61 Å². The number of aryl methyl sites for hydroxylation is 1. The smallest absolute Gasteiger partial charge is 0.162 e. The molecular weight excluding hydrogens is 365 g/mol. The van der Waals surface area contributed by atoms with Crippen LogP contribution in [0.5, 0.6) is 11.5 Å². The zero-order valence-electron chi connectivity index (χ0n) is 15.2. The Kier molecular flexibility index (Phi) is 7.65. The highest BCUT2D eigenvalue weighted by Crippen LogP contribution is 2.34. The molecule has 142 valence electrons. The number of nitrogens with two attached hydrogens (primary N) is 1. The lowest BCUT2D eigenvalue weighted by Gasteiger charge is -2.14. The van der Waals surface area contributed by atoms with Crippen molar-refractivity contribution in [3.8, 4) is 22.6 Å². The number of benzene rings is 3. The predicted molar refractivity (Wildman–Crippen MR) is 109 cm³/mol. The topological polar surface area (TPSA) is 44.5 Å². The first-order valence-electron chi connectivity index (χ1n) is 8.57. The molecule has 3 aromatic rings. The van der Waals surface area contributed by atoms with Gasteiger partial charge in [0.25, 0.3) is 0 Å². The Hall–Kier alpha value is -2.56. The van der Waals surface area contributed by atoms with E-state index in [0.29, 0.717) is 36.8 Å². The monoisotopic (exact) mass is 387 g/mol. The van der Waals surface area contributed by atoms with E-state index in [9.17, 15) is 4.39 Å². The van der Waals surface area contributed by atoms with Crippen LogP contribution in [0, 0.1) is 12.7 Å². The van der Waals surface area contributed by atoms with E-state index in [1.807, 2.05) is 55.5 Å². The maximum absolute atomic E-state index is 14.3. The van der Waals surface area contributed by atoms with Crippen LogP contribution in [0.4, 0.5) is 4.39 Å². The highest BCUT2D eigenvalue weighted by Gasteiger charge is 2.11. The molecule has 3 rings (SSSR count). The Morgan fingerprint density at radius 2 is 1.67 bits per heavy atom. The van der Waals surface area contributed by atoms with E-state index < -0.39 is 0 Å². The van der Waals surface area contributed by atoms with Gasteiger partial charge in [0, 0.05) is 12.1 Å². The van der Waals surface area contributed by atoms with Gasteiger partial charge >= 0.3 is 0 Å². The molecule has 0 spiro atoms. The summed E-state index contributed by atoms with van der Waals surface area (Å²) in [5, 5.41) is 0. The van der Waals surface area contributed by atoms with Crippen molar-refractivity contribution in [2.75, 3.05) is 13.2 Å². The summed E-state index contributed by atoms with van der Waals surface area (Å²) in [7, 11) is 0. The molecule has 0 aliphatic heterocycles. The van der Waals surface area contributed by atoms with Crippen molar-refractivity contribution in [2.45, 2.75) is 13.5 Å². The van der Waals surface area contributed by atoms with Crippen LogP contribution in [0.2, 0.25) is 0 Å². The molecule has 5 heteroatoms. The Morgan fingerprint density at radius 1 is 0.889 bits per heavy atom. The molecule has 0 bridgehead atoms. The summed E-state index contributed by atoms with van der Waals surface area (Å²) < 4.78 is 26.0. The van der Waals surface area contributed by atoms with Crippen LogP contribution in [0.25, 0.3) is 11.1 Å². The van der Waals surface area contributed by atoms with Crippen LogP contribution in [-0.4, -0.2) is 13.2 Å². The number of halogens is 2. The highest BCUT2D eigenvalue weighted by atomic mass is 35.5. The van der Waals surface area contributed by atoms with Gasteiger partial charge in [-0.15, -0.1) is 12.4 Å². The average Bonchev–Trinajstić information content (AvgIpc) is 2.66. The van der Waals surface area contributed by atoms with E-state index in [1.165, 1.54) is 6.07 Å². The molecule has 2 N–H and O–H groups in total. The zero-order chi connectivity index (χ0) is 18.4. The molecule has 0 heterocycles. The van der Waals surface area contributed by atoms with Gasteiger partial charge in [0.15, 0.2) is 11.5 Å². The van der Waals surface area contributed by atoms with Crippen molar-refractivity contribution in [1.29, 1.82) is 0 Å². The maximum Gasteiger partial charge on any atom is 0.162 e. The van der Waals surface area contributed by atoms with E-state index in [-0.39, 0.29) is 18.2 Å². The van der Waals surface area contributed by atoms with Crippen LogP contribution in [0.15, 0.2) is 66.7 Å². The fourth-order valence-corrected chi connectivity index (χ4v) is 2.67. The molecule has 0 aliphatic carbocycles. The molecule has 3 aromatic carbocycles. The zero-order valence-corrected chi connectivity index (χ0v) is 16.0. The fraction of sp³-hybridized carbons (Fsp3) is 0.182. The molecule has 0 fully saturated rings. The highest BCUT2D eigenvalue weighted by molar-refractivity contribution is 5.85. The summed E-state index contributed by atoms with van der Waals surface area (Å²) >= 11 is 0. The van der Waals surface area contributed by atoms with Crippen molar-refractivity contribution in [3.05, 3.63) is 83.7 Å². The summed E-state index contributed by atoms with van der Waals surface area (Å²) in [6.07, 6.45) is 0. The lowest BCUT2D eigenvalue weighted by atomic mass is 10.0. The first-order chi connectivity index (χ1) is 12.7. The lowest BCUT2D eigenvalue weighted by molar-refractivity contribution is 0.266. The normalized spacial score (nSPS) is 10.2. The quantitative estimate of drug-likeness (QED) is 0.610. The van der Waals surface area contributed by atoms with Gasteiger partial charge in [0.05, 0.1) is 0 Å². The van der Waals surface area contributed by atoms with Crippen molar-refractivity contribution in [1.82, 2.24) is 0 Å². The summed E-state index contributed by atoms with van der Waals surface area (Å²) in [6, 6.07) is 20.5. The van der Waals surface area contributed by atoms with Gasteiger partial charge < -0.3 is 15.2 Å². The molecule has 0 aliphatic rings. The minimum absolute atomic E-state index is 0. The van der Waals surface area contributed by atoms with Gasteiger partial charge in [-0.25, -0.2) is 4.39 Å².